The normalized spacial score (nSPS) is 17.5. The number of benzene rings is 1. The van der Waals surface area contributed by atoms with E-state index in [1.54, 1.807) is 10.4 Å². The summed E-state index contributed by atoms with van der Waals surface area (Å²) in [6.45, 7) is 7.38. The van der Waals surface area contributed by atoms with Crippen molar-refractivity contribution in [2.45, 2.75) is 57.3 Å². The Kier molecular flexibility index (Phi) is 5.50. The number of rotatable bonds is 4. The van der Waals surface area contributed by atoms with Crippen LogP contribution in [0.4, 0.5) is 0 Å². The molecule has 0 atom stereocenters. The van der Waals surface area contributed by atoms with Crippen LogP contribution in [-0.2, 0) is 10.0 Å². The smallest absolute Gasteiger partial charge is 0.246 e. The van der Waals surface area contributed by atoms with E-state index in [-0.39, 0.29) is 5.92 Å². The standard InChI is InChI=1S/C17H27NO3S/c1-13(2)15-12-17(16(21-4)11-14(15)3)22(19,20)18-9-7-5-6-8-10-18/h11-13H,5-10H2,1-4H3. The van der Waals surface area contributed by atoms with Gasteiger partial charge in [-0.1, -0.05) is 26.7 Å². The van der Waals surface area contributed by atoms with Crippen LogP contribution in [0.2, 0.25) is 0 Å². The first-order valence-electron chi connectivity index (χ1n) is 8.06. The summed E-state index contributed by atoms with van der Waals surface area (Å²) in [5.41, 5.74) is 2.14. The second-order valence-corrected chi connectivity index (χ2v) is 8.24. The molecule has 0 radical (unpaired) electrons. The zero-order valence-corrected chi connectivity index (χ0v) is 14.9. The molecule has 2 rings (SSSR count). The van der Waals surface area contributed by atoms with Crippen molar-refractivity contribution in [2.75, 3.05) is 20.2 Å². The fourth-order valence-corrected chi connectivity index (χ4v) is 4.77. The van der Waals surface area contributed by atoms with Gasteiger partial charge in [0.25, 0.3) is 0 Å². The molecule has 1 aromatic carbocycles. The third-order valence-corrected chi connectivity index (χ3v) is 6.28. The predicted octanol–water partition coefficient (Wildman–Crippen LogP) is 3.69. The highest BCUT2D eigenvalue weighted by atomic mass is 32.2. The van der Waals surface area contributed by atoms with Crippen molar-refractivity contribution in [3.63, 3.8) is 0 Å². The Morgan fingerprint density at radius 3 is 2.18 bits per heavy atom. The van der Waals surface area contributed by atoms with Gasteiger partial charge in [-0.3, -0.25) is 0 Å². The first-order chi connectivity index (χ1) is 10.4. The van der Waals surface area contributed by atoms with E-state index in [2.05, 4.69) is 13.8 Å². The van der Waals surface area contributed by atoms with Gasteiger partial charge in [0.15, 0.2) is 0 Å². The summed E-state index contributed by atoms with van der Waals surface area (Å²) in [5.74, 6) is 0.732. The monoisotopic (exact) mass is 325 g/mol. The third kappa shape index (κ3) is 3.46. The van der Waals surface area contributed by atoms with Crippen molar-refractivity contribution in [3.8, 4) is 5.75 Å². The zero-order valence-electron chi connectivity index (χ0n) is 14.1. The molecule has 4 nitrogen and oxygen atoms in total. The molecule has 1 saturated heterocycles. The highest BCUT2D eigenvalue weighted by molar-refractivity contribution is 7.89. The second kappa shape index (κ2) is 7.01. The van der Waals surface area contributed by atoms with Crippen LogP contribution in [0.3, 0.4) is 0 Å². The van der Waals surface area contributed by atoms with Gasteiger partial charge in [0, 0.05) is 13.1 Å². The molecule has 0 saturated carbocycles. The summed E-state index contributed by atoms with van der Waals surface area (Å²) in [4.78, 5) is 0.311. The molecule has 1 aliphatic rings. The number of methoxy groups -OCH3 is 1. The zero-order chi connectivity index (χ0) is 16.3. The minimum absolute atomic E-state index is 0.281. The molecule has 0 aliphatic carbocycles. The van der Waals surface area contributed by atoms with Gasteiger partial charge in [-0.15, -0.1) is 0 Å². The Balaban J connectivity index is 2.50. The van der Waals surface area contributed by atoms with Crippen LogP contribution in [0.5, 0.6) is 5.75 Å². The topological polar surface area (TPSA) is 46.6 Å². The van der Waals surface area contributed by atoms with E-state index in [4.69, 9.17) is 4.74 Å². The summed E-state index contributed by atoms with van der Waals surface area (Å²) in [6, 6.07) is 3.65. The van der Waals surface area contributed by atoms with Crippen molar-refractivity contribution in [1.29, 1.82) is 0 Å². The van der Waals surface area contributed by atoms with Crippen LogP contribution in [0.15, 0.2) is 17.0 Å². The molecule has 0 amide bonds. The van der Waals surface area contributed by atoms with Gasteiger partial charge in [0.05, 0.1) is 7.11 Å². The highest BCUT2D eigenvalue weighted by Gasteiger charge is 2.29. The van der Waals surface area contributed by atoms with Crippen molar-refractivity contribution < 1.29 is 13.2 Å². The number of nitrogens with zero attached hydrogens (tertiary/aromatic N) is 1. The fourth-order valence-electron chi connectivity index (χ4n) is 3.08. The van der Waals surface area contributed by atoms with Gasteiger partial charge in [-0.2, -0.15) is 4.31 Å². The maximum absolute atomic E-state index is 13.1. The Morgan fingerprint density at radius 2 is 1.68 bits per heavy atom. The van der Waals surface area contributed by atoms with E-state index in [1.165, 1.54) is 7.11 Å². The Hall–Kier alpha value is -1.07. The van der Waals surface area contributed by atoms with Crippen LogP contribution in [-0.4, -0.2) is 32.9 Å². The molecular weight excluding hydrogens is 298 g/mol. The molecule has 1 aromatic rings. The minimum atomic E-state index is -3.49. The molecule has 1 fully saturated rings. The number of hydrogen-bond donors (Lipinski definition) is 0. The van der Waals surface area contributed by atoms with Crippen LogP contribution in [0.25, 0.3) is 0 Å². The van der Waals surface area contributed by atoms with Crippen LogP contribution >= 0.6 is 0 Å². The van der Waals surface area contributed by atoms with Crippen molar-refractivity contribution in [1.82, 2.24) is 4.31 Å². The minimum Gasteiger partial charge on any atom is -0.495 e. The van der Waals surface area contributed by atoms with Crippen molar-refractivity contribution in [3.05, 3.63) is 23.3 Å². The van der Waals surface area contributed by atoms with E-state index in [1.807, 2.05) is 13.0 Å². The van der Waals surface area contributed by atoms with E-state index >= 15 is 0 Å². The van der Waals surface area contributed by atoms with Gasteiger partial charge >= 0.3 is 0 Å². The first-order valence-corrected chi connectivity index (χ1v) is 9.50. The molecule has 0 N–H and O–H groups in total. The number of ether oxygens (including phenoxy) is 1. The van der Waals surface area contributed by atoms with Crippen LogP contribution in [0.1, 0.15) is 56.6 Å². The average Bonchev–Trinajstić information content (AvgIpc) is 2.75. The van der Waals surface area contributed by atoms with E-state index in [0.29, 0.717) is 23.7 Å². The lowest BCUT2D eigenvalue weighted by Crippen LogP contribution is -2.32. The van der Waals surface area contributed by atoms with E-state index < -0.39 is 10.0 Å². The van der Waals surface area contributed by atoms with Crippen molar-refractivity contribution in [2.24, 2.45) is 0 Å². The molecule has 0 aromatic heterocycles. The largest absolute Gasteiger partial charge is 0.495 e. The maximum atomic E-state index is 13.1. The molecule has 22 heavy (non-hydrogen) atoms. The second-order valence-electron chi connectivity index (χ2n) is 6.33. The average molecular weight is 325 g/mol. The summed E-state index contributed by atoms with van der Waals surface area (Å²) >= 11 is 0. The third-order valence-electron chi connectivity index (χ3n) is 4.36. The Labute approximate surface area is 134 Å². The van der Waals surface area contributed by atoms with Crippen LogP contribution < -0.4 is 4.74 Å². The molecule has 5 heteroatoms. The molecule has 124 valence electrons. The van der Waals surface area contributed by atoms with Gasteiger partial charge in [-0.05, 0) is 48.9 Å². The summed E-state index contributed by atoms with van der Waals surface area (Å²) in [7, 11) is -1.96. The Morgan fingerprint density at radius 1 is 1.09 bits per heavy atom. The first kappa shape index (κ1) is 17.3. The van der Waals surface area contributed by atoms with Gasteiger partial charge in [0.2, 0.25) is 10.0 Å². The van der Waals surface area contributed by atoms with E-state index in [0.717, 1.165) is 36.8 Å². The number of aryl methyl sites for hydroxylation is 1. The van der Waals surface area contributed by atoms with E-state index in [9.17, 15) is 8.42 Å². The molecule has 0 spiro atoms. The maximum Gasteiger partial charge on any atom is 0.246 e. The number of hydrogen-bond acceptors (Lipinski definition) is 3. The molecule has 1 aliphatic heterocycles. The summed E-state index contributed by atoms with van der Waals surface area (Å²) in [5, 5.41) is 0. The molecule has 0 unspecified atom stereocenters. The summed E-state index contributed by atoms with van der Waals surface area (Å²) in [6.07, 6.45) is 4.08. The lowest BCUT2D eigenvalue weighted by atomic mass is 9.98. The van der Waals surface area contributed by atoms with Gasteiger partial charge in [0.1, 0.15) is 10.6 Å². The molecule has 0 bridgehead atoms. The number of sulfonamides is 1. The molecular formula is C17H27NO3S. The van der Waals surface area contributed by atoms with Gasteiger partial charge < -0.3 is 4.74 Å². The lowest BCUT2D eigenvalue weighted by Gasteiger charge is -2.23. The highest BCUT2D eigenvalue weighted by Crippen LogP contribution is 2.33. The lowest BCUT2D eigenvalue weighted by molar-refractivity contribution is 0.391. The quantitative estimate of drug-likeness (QED) is 0.848. The summed E-state index contributed by atoms with van der Waals surface area (Å²) < 4.78 is 33.1. The predicted molar refractivity (Wildman–Crippen MR) is 89.0 cm³/mol. The molecule has 1 heterocycles. The fraction of sp³-hybridized carbons (Fsp3) is 0.647. The van der Waals surface area contributed by atoms with Crippen molar-refractivity contribution >= 4 is 10.0 Å². The SMILES string of the molecule is COc1cc(C)c(C(C)C)cc1S(=O)(=O)N1CCCCCC1. The Bertz CT molecular complexity index is 615. The van der Waals surface area contributed by atoms with Crippen LogP contribution in [0, 0.1) is 6.92 Å². The van der Waals surface area contributed by atoms with Gasteiger partial charge in [-0.25, -0.2) is 8.42 Å².